The smallest absolute Gasteiger partial charge is 0.269 e. The van der Waals surface area contributed by atoms with Gasteiger partial charge in [-0.05, 0) is 62.5 Å². The van der Waals surface area contributed by atoms with E-state index < -0.39 is 42.4 Å². The first kappa shape index (κ1) is 34.2. The molecule has 2 aromatic carbocycles. The van der Waals surface area contributed by atoms with Crippen molar-refractivity contribution in [3.05, 3.63) is 63.7 Å². The fourth-order valence-electron chi connectivity index (χ4n) is 8.59. The van der Waals surface area contributed by atoms with Gasteiger partial charge in [0.1, 0.15) is 0 Å². The van der Waals surface area contributed by atoms with E-state index in [-0.39, 0.29) is 43.1 Å². The van der Waals surface area contributed by atoms with E-state index in [1.54, 1.807) is 40.8 Å². The van der Waals surface area contributed by atoms with Crippen molar-refractivity contribution in [2.24, 2.45) is 5.92 Å². The summed E-state index contributed by atoms with van der Waals surface area (Å²) < 4.78 is 23.0. The lowest BCUT2D eigenvalue weighted by molar-refractivity contribution is -0.385. The van der Waals surface area contributed by atoms with Gasteiger partial charge in [0.15, 0.2) is 5.60 Å². The molecule has 0 saturated carbocycles. The van der Waals surface area contributed by atoms with Gasteiger partial charge in [0.05, 0.1) is 42.3 Å². The summed E-state index contributed by atoms with van der Waals surface area (Å²) in [6.45, 7) is 5.90. The maximum Gasteiger partial charge on any atom is 0.269 e. The van der Waals surface area contributed by atoms with E-state index >= 15 is 4.11 Å². The highest BCUT2D eigenvalue weighted by Gasteiger charge is 2.67. The van der Waals surface area contributed by atoms with Crippen molar-refractivity contribution in [2.45, 2.75) is 101 Å². The van der Waals surface area contributed by atoms with Gasteiger partial charge in [0, 0.05) is 54.4 Å². The number of nitrogens with zero attached hydrogens (tertiary/aromatic N) is 4. The summed E-state index contributed by atoms with van der Waals surface area (Å²) >= 11 is 0. The van der Waals surface area contributed by atoms with E-state index in [2.05, 4.69) is 0 Å². The Labute approximate surface area is 281 Å². The lowest BCUT2D eigenvalue weighted by atomic mass is 9.82. The SMILES string of the molecule is C[C@H]1[C@H]([Si](C)(C)F)[C@@H](CC(=O)N2CCC[C@H]2CO)O[C@]12C(=O)N(Cc1cccc(N3CCCCCCC3=O)c1)c1ccc([N+](=O)[O-])cc12. The van der Waals surface area contributed by atoms with E-state index in [0.29, 0.717) is 37.2 Å². The van der Waals surface area contributed by atoms with E-state index in [0.717, 1.165) is 43.4 Å². The molecular weight excluding hydrogens is 635 g/mol. The zero-order chi connectivity index (χ0) is 34.4. The van der Waals surface area contributed by atoms with Crippen molar-refractivity contribution >= 4 is 43.2 Å². The van der Waals surface area contributed by atoms with Crippen LogP contribution in [0, 0.1) is 16.0 Å². The molecule has 0 aromatic heterocycles. The largest absolute Gasteiger partial charge is 0.394 e. The summed E-state index contributed by atoms with van der Waals surface area (Å²) in [7, 11) is -3.59. The summed E-state index contributed by atoms with van der Waals surface area (Å²) in [4.78, 5) is 57.7. The molecule has 5 atom stereocenters. The molecule has 0 radical (unpaired) electrons. The van der Waals surface area contributed by atoms with Gasteiger partial charge in [-0.1, -0.05) is 31.9 Å². The van der Waals surface area contributed by atoms with Crippen LogP contribution in [0.5, 0.6) is 0 Å². The lowest BCUT2D eigenvalue weighted by Gasteiger charge is -2.31. The second kappa shape index (κ2) is 13.3. The topological polar surface area (TPSA) is 134 Å². The highest BCUT2D eigenvalue weighted by molar-refractivity contribution is 6.72. The number of amides is 3. The van der Waals surface area contributed by atoms with Crippen LogP contribution in [-0.4, -0.2) is 72.9 Å². The monoisotopic (exact) mass is 680 g/mol. The van der Waals surface area contributed by atoms with Crippen LogP contribution in [0.1, 0.15) is 69.4 Å². The number of rotatable bonds is 8. The number of halogens is 1. The Morgan fingerprint density at radius 2 is 1.88 bits per heavy atom. The molecule has 258 valence electrons. The Kier molecular flexibility index (Phi) is 9.49. The number of aliphatic hydroxyl groups is 1. The number of hydrogen-bond donors (Lipinski definition) is 1. The van der Waals surface area contributed by atoms with Gasteiger partial charge >= 0.3 is 0 Å². The predicted octanol–water partition coefficient (Wildman–Crippen LogP) is 5.59. The van der Waals surface area contributed by atoms with E-state index in [1.165, 1.54) is 12.1 Å². The van der Waals surface area contributed by atoms with Crippen molar-refractivity contribution in [3.8, 4) is 0 Å². The average Bonchev–Trinajstić information content (AvgIpc) is 3.69. The van der Waals surface area contributed by atoms with Crippen LogP contribution < -0.4 is 9.80 Å². The van der Waals surface area contributed by atoms with Crippen molar-refractivity contribution in [1.29, 1.82) is 0 Å². The third-order valence-electron chi connectivity index (χ3n) is 10.8. The molecule has 3 amide bonds. The molecule has 0 bridgehead atoms. The summed E-state index contributed by atoms with van der Waals surface area (Å²) in [6.07, 6.45) is 4.68. The second-order valence-corrected chi connectivity index (χ2v) is 18.1. The number of ether oxygens (including phenoxy) is 1. The molecule has 2 aromatic rings. The van der Waals surface area contributed by atoms with Gasteiger partial charge in [0.2, 0.25) is 20.2 Å². The Morgan fingerprint density at radius 3 is 2.60 bits per heavy atom. The van der Waals surface area contributed by atoms with Crippen LogP contribution >= 0.6 is 0 Å². The third kappa shape index (κ3) is 6.04. The molecule has 4 heterocycles. The van der Waals surface area contributed by atoms with E-state index in [1.807, 2.05) is 24.3 Å². The molecular formula is C35H45FN4O7Si. The van der Waals surface area contributed by atoms with Crippen LogP contribution in [-0.2, 0) is 31.3 Å². The number of likely N-dealkylation sites (tertiary alicyclic amines) is 1. The minimum atomic E-state index is -3.59. The Hall–Kier alpha value is -3.68. The van der Waals surface area contributed by atoms with Crippen molar-refractivity contribution in [2.75, 3.05) is 29.5 Å². The number of fused-ring (bicyclic) bond motifs is 2. The van der Waals surface area contributed by atoms with Gasteiger partial charge in [-0.3, -0.25) is 24.5 Å². The summed E-state index contributed by atoms with van der Waals surface area (Å²) in [5, 5.41) is 21.8. The Morgan fingerprint density at radius 1 is 1.10 bits per heavy atom. The van der Waals surface area contributed by atoms with Crippen LogP contribution in [0.25, 0.3) is 0 Å². The number of nitro benzene ring substituents is 1. The Balaban J connectivity index is 1.37. The molecule has 4 aliphatic heterocycles. The minimum absolute atomic E-state index is 0.0674. The van der Waals surface area contributed by atoms with Gasteiger partial charge in [0.25, 0.3) is 11.6 Å². The molecule has 0 aliphatic carbocycles. The van der Waals surface area contributed by atoms with Gasteiger partial charge in [-0.2, -0.15) is 0 Å². The first-order chi connectivity index (χ1) is 22.9. The maximum absolute atomic E-state index is 16.3. The molecule has 13 heteroatoms. The number of benzene rings is 2. The van der Waals surface area contributed by atoms with E-state index in [9.17, 15) is 29.6 Å². The predicted molar refractivity (Wildman–Crippen MR) is 181 cm³/mol. The standard InChI is InChI=1S/C35H45FN4O7Si/c1-23-33(48(2,3)36)30(20-32(43)38-17-9-12-27(38)22-41)47-35(23)28-19-26(40(45)46)14-15-29(28)39(34(35)44)21-24-10-8-11-25(18-24)37-16-7-5-4-6-13-31(37)42/h8,10-11,14-15,18-19,23,27,30,33,41H,4-7,9,12-13,16-17,20-22H2,1-3H3/t23-,27-,30+,33-,35+/m0/s1. The van der Waals surface area contributed by atoms with Gasteiger partial charge in [-0.15, -0.1) is 0 Å². The van der Waals surface area contributed by atoms with Crippen molar-refractivity contribution < 1.29 is 33.3 Å². The lowest BCUT2D eigenvalue weighted by Crippen LogP contribution is -2.45. The first-order valence-corrected chi connectivity index (χ1v) is 20.1. The number of hydrogen-bond acceptors (Lipinski definition) is 7. The van der Waals surface area contributed by atoms with Crippen molar-refractivity contribution in [1.82, 2.24) is 4.90 Å². The van der Waals surface area contributed by atoms with Gasteiger partial charge in [-0.25, -0.2) is 0 Å². The molecule has 6 rings (SSSR count). The normalized spacial score (nSPS) is 27.8. The number of carbonyl (C=O) groups excluding carboxylic acids is 3. The summed E-state index contributed by atoms with van der Waals surface area (Å²) in [5.41, 5.74) is -0.449. The highest BCUT2D eigenvalue weighted by Crippen LogP contribution is 2.60. The number of nitro groups is 1. The minimum Gasteiger partial charge on any atom is -0.394 e. The first-order valence-electron chi connectivity index (χ1n) is 17.1. The number of aliphatic hydroxyl groups excluding tert-OH is 1. The zero-order valence-electron chi connectivity index (χ0n) is 27.9. The molecule has 4 aliphatic rings. The van der Waals surface area contributed by atoms with Crippen molar-refractivity contribution in [3.63, 3.8) is 0 Å². The molecule has 3 fully saturated rings. The average molecular weight is 681 g/mol. The molecule has 0 unspecified atom stereocenters. The summed E-state index contributed by atoms with van der Waals surface area (Å²) in [5.74, 6) is -1.37. The van der Waals surface area contributed by atoms with Crippen LogP contribution in [0.15, 0.2) is 42.5 Å². The fraction of sp³-hybridized carbons (Fsp3) is 0.571. The second-order valence-electron chi connectivity index (χ2n) is 14.3. The van der Waals surface area contributed by atoms with Gasteiger partial charge < -0.3 is 28.7 Å². The Bertz CT molecular complexity index is 1600. The molecule has 48 heavy (non-hydrogen) atoms. The van der Waals surface area contributed by atoms with Crippen LogP contribution in [0.2, 0.25) is 18.6 Å². The van der Waals surface area contributed by atoms with Crippen LogP contribution in [0.4, 0.5) is 21.2 Å². The maximum atomic E-state index is 16.3. The molecule has 3 saturated heterocycles. The molecule has 1 spiro atoms. The number of anilines is 2. The summed E-state index contributed by atoms with van der Waals surface area (Å²) in [6, 6.07) is 11.5. The number of non-ortho nitro benzene ring substituents is 1. The fourth-order valence-corrected chi connectivity index (χ4v) is 11.1. The van der Waals surface area contributed by atoms with E-state index in [4.69, 9.17) is 4.74 Å². The number of carbonyl (C=O) groups is 3. The third-order valence-corrected chi connectivity index (χ3v) is 13.3. The molecule has 11 nitrogen and oxygen atoms in total. The molecule has 1 N–H and O–H groups in total. The van der Waals surface area contributed by atoms with Crippen LogP contribution in [0.3, 0.4) is 0 Å². The highest BCUT2D eigenvalue weighted by atomic mass is 28.4. The quantitative estimate of drug-likeness (QED) is 0.166. The zero-order valence-corrected chi connectivity index (χ0v) is 28.9.